The van der Waals surface area contributed by atoms with Crippen LogP contribution in [0, 0.1) is 6.92 Å². The summed E-state index contributed by atoms with van der Waals surface area (Å²) < 4.78 is 0. The van der Waals surface area contributed by atoms with Crippen molar-refractivity contribution in [2.45, 2.75) is 6.92 Å². The van der Waals surface area contributed by atoms with E-state index in [-0.39, 0.29) is 0 Å². The standard InChI is InChI=1S/C10H9Cl2N3S/c1-5-2-7(12)8(3-6(5)11)15-10-14-4-9(13)16-10/h2-4H,13H2,1H3,(H,14,15). The lowest BCUT2D eigenvalue weighted by Gasteiger charge is -2.07. The van der Waals surface area contributed by atoms with E-state index in [4.69, 9.17) is 28.9 Å². The summed E-state index contributed by atoms with van der Waals surface area (Å²) in [5, 5.41) is 5.69. The Labute approximate surface area is 107 Å². The van der Waals surface area contributed by atoms with Gasteiger partial charge < -0.3 is 11.1 Å². The number of nitrogens with zero attached hydrogens (tertiary/aromatic N) is 1. The van der Waals surface area contributed by atoms with Gasteiger partial charge in [-0.25, -0.2) is 4.98 Å². The predicted molar refractivity (Wildman–Crippen MR) is 71.0 cm³/mol. The summed E-state index contributed by atoms with van der Waals surface area (Å²) in [6, 6.07) is 3.58. The Morgan fingerprint density at radius 3 is 2.69 bits per heavy atom. The molecule has 0 saturated carbocycles. The topological polar surface area (TPSA) is 50.9 Å². The molecule has 2 aromatic rings. The van der Waals surface area contributed by atoms with Crippen LogP contribution in [-0.4, -0.2) is 4.98 Å². The van der Waals surface area contributed by atoms with Crippen molar-refractivity contribution < 1.29 is 0 Å². The van der Waals surface area contributed by atoms with Crippen molar-refractivity contribution in [1.82, 2.24) is 4.98 Å². The minimum atomic E-state index is 0.607. The first-order valence-corrected chi connectivity index (χ1v) is 6.07. The second-order valence-electron chi connectivity index (χ2n) is 3.27. The van der Waals surface area contributed by atoms with Gasteiger partial charge in [0.15, 0.2) is 5.13 Å². The maximum absolute atomic E-state index is 6.08. The van der Waals surface area contributed by atoms with Crippen molar-refractivity contribution in [3.05, 3.63) is 33.9 Å². The number of hydrogen-bond acceptors (Lipinski definition) is 4. The van der Waals surface area contributed by atoms with E-state index in [1.54, 1.807) is 12.3 Å². The van der Waals surface area contributed by atoms with E-state index in [0.29, 0.717) is 20.2 Å². The van der Waals surface area contributed by atoms with Crippen LogP contribution in [-0.2, 0) is 0 Å². The molecule has 6 heteroatoms. The van der Waals surface area contributed by atoms with Crippen LogP contribution >= 0.6 is 34.5 Å². The van der Waals surface area contributed by atoms with Crippen LogP contribution in [0.1, 0.15) is 5.56 Å². The van der Waals surface area contributed by atoms with E-state index < -0.39 is 0 Å². The van der Waals surface area contributed by atoms with Crippen molar-refractivity contribution in [1.29, 1.82) is 0 Å². The number of nitrogens with one attached hydrogen (secondary N) is 1. The number of benzene rings is 1. The highest BCUT2D eigenvalue weighted by atomic mass is 35.5. The lowest BCUT2D eigenvalue weighted by atomic mass is 10.2. The molecule has 2 rings (SSSR count). The third-order valence-electron chi connectivity index (χ3n) is 2.01. The fourth-order valence-corrected chi connectivity index (χ4v) is 2.23. The average molecular weight is 274 g/mol. The highest BCUT2D eigenvalue weighted by molar-refractivity contribution is 7.19. The SMILES string of the molecule is Cc1cc(Cl)c(Nc2ncc(N)s2)cc1Cl. The van der Waals surface area contributed by atoms with Gasteiger partial charge in [-0.15, -0.1) is 0 Å². The van der Waals surface area contributed by atoms with Crippen molar-refractivity contribution in [2.75, 3.05) is 11.1 Å². The summed E-state index contributed by atoms with van der Waals surface area (Å²) in [6.45, 7) is 1.90. The number of aromatic nitrogens is 1. The number of nitrogens with two attached hydrogens (primary N) is 1. The van der Waals surface area contributed by atoms with E-state index in [0.717, 1.165) is 11.3 Å². The molecule has 3 nitrogen and oxygen atoms in total. The maximum atomic E-state index is 6.08. The summed E-state index contributed by atoms with van der Waals surface area (Å²) in [7, 11) is 0. The quantitative estimate of drug-likeness (QED) is 0.867. The first-order chi connectivity index (χ1) is 7.56. The lowest BCUT2D eigenvalue weighted by Crippen LogP contribution is -1.91. The molecule has 0 fully saturated rings. The zero-order valence-electron chi connectivity index (χ0n) is 8.42. The molecule has 0 aliphatic carbocycles. The van der Waals surface area contributed by atoms with E-state index in [2.05, 4.69) is 10.3 Å². The smallest absolute Gasteiger partial charge is 0.189 e. The van der Waals surface area contributed by atoms with Crippen LogP contribution in [0.25, 0.3) is 0 Å². The lowest BCUT2D eigenvalue weighted by molar-refractivity contribution is 1.38. The van der Waals surface area contributed by atoms with Crippen molar-refractivity contribution in [2.24, 2.45) is 0 Å². The molecule has 0 unspecified atom stereocenters. The van der Waals surface area contributed by atoms with Crippen LogP contribution in [0.5, 0.6) is 0 Å². The number of thiazole rings is 1. The van der Waals surface area contributed by atoms with Crippen LogP contribution in [0.2, 0.25) is 10.0 Å². The molecule has 1 aromatic heterocycles. The molecule has 84 valence electrons. The van der Waals surface area contributed by atoms with Gasteiger partial charge in [-0.3, -0.25) is 0 Å². The minimum Gasteiger partial charge on any atom is -0.389 e. The van der Waals surface area contributed by atoms with Crippen molar-refractivity contribution in [3.63, 3.8) is 0 Å². The summed E-state index contributed by atoms with van der Waals surface area (Å²) in [5.74, 6) is 0. The molecule has 0 aliphatic rings. The van der Waals surface area contributed by atoms with Gasteiger partial charge in [0.05, 0.1) is 16.9 Å². The first kappa shape index (κ1) is 11.5. The van der Waals surface area contributed by atoms with E-state index >= 15 is 0 Å². The summed E-state index contributed by atoms with van der Waals surface area (Å²) in [5.41, 5.74) is 7.25. The zero-order valence-corrected chi connectivity index (χ0v) is 10.7. The van der Waals surface area contributed by atoms with E-state index in [1.807, 2.05) is 13.0 Å². The summed E-state index contributed by atoms with van der Waals surface area (Å²) >= 11 is 13.5. The second-order valence-corrected chi connectivity index (χ2v) is 5.15. The monoisotopic (exact) mass is 273 g/mol. The van der Waals surface area contributed by atoms with Gasteiger partial charge in [-0.2, -0.15) is 0 Å². The molecule has 1 aromatic carbocycles. The normalized spacial score (nSPS) is 10.4. The number of nitrogen functional groups attached to an aromatic ring is 1. The molecule has 1 heterocycles. The fourth-order valence-electron chi connectivity index (χ4n) is 1.20. The van der Waals surface area contributed by atoms with Gasteiger partial charge in [-0.05, 0) is 24.6 Å². The van der Waals surface area contributed by atoms with Crippen LogP contribution in [0.15, 0.2) is 18.3 Å². The number of aryl methyl sites for hydroxylation is 1. The molecule has 0 spiro atoms. The first-order valence-electron chi connectivity index (χ1n) is 4.50. The number of anilines is 3. The van der Waals surface area contributed by atoms with Crippen LogP contribution in [0.3, 0.4) is 0 Å². The highest BCUT2D eigenvalue weighted by Crippen LogP contribution is 2.32. The second kappa shape index (κ2) is 4.49. The Morgan fingerprint density at radius 1 is 1.31 bits per heavy atom. The molecule has 0 aliphatic heterocycles. The Bertz CT molecular complexity index is 525. The van der Waals surface area contributed by atoms with Crippen LogP contribution < -0.4 is 11.1 Å². The van der Waals surface area contributed by atoms with Crippen molar-refractivity contribution >= 4 is 50.4 Å². The average Bonchev–Trinajstić information content (AvgIpc) is 2.60. The van der Waals surface area contributed by atoms with E-state index in [1.165, 1.54) is 11.3 Å². The number of rotatable bonds is 2. The van der Waals surface area contributed by atoms with Crippen molar-refractivity contribution in [3.8, 4) is 0 Å². The number of hydrogen-bond donors (Lipinski definition) is 2. The summed E-state index contributed by atoms with van der Waals surface area (Å²) in [6.07, 6.45) is 1.59. The third kappa shape index (κ3) is 2.40. The Kier molecular flexibility index (Phi) is 3.23. The molecule has 0 radical (unpaired) electrons. The Balaban J connectivity index is 2.31. The molecular formula is C10H9Cl2N3S. The van der Waals surface area contributed by atoms with Gasteiger partial charge in [-0.1, -0.05) is 34.5 Å². The van der Waals surface area contributed by atoms with Gasteiger partial charge in [0.1, 0.15) is 5.00 Å². The Morgan fingerprint density at radius 2 is 2.06 bits per heavy atom. The maximum Gasteiger partial charge on any atom is 0.189 e. The molecule has 3 N–H and O–H groups in total. The molecule has 0 saturated heterocycles. The summed E-state index contributed by atoms with van der Waals surface area (Å²) in [4.78, 5) is 4.08. The molecule has 0 amide bonds. The molecular weight excluding hydrogens is 265 g/mol. The van der Waals surface area contributed by atoms with Gasteiger partial charge in [0, 0.05) is 5.02 Å². The van der Waals surface area contributed by atoms with Crippen LogP contribution in [0.4, 0.5) is 15.8 Å². The third-order valence-corrected chi connectivity index (χ3v) is 3.48. The van der Waals surface area contributed by atoms with Gasteiger partial charge >= 0.3 is 0 Å². The minimum absolute atomic E-state index is 0.607. The largest absolute Gasteiger partial charge is 0.389 e. The van der Waals surface area contributed by atoms with Gasteiger partial charge in [0.2, 0.25) is 0 Å². The molecule has 0 bridgehead atoms. The predicted octanol–water partition coefficient (Wildman–Crippen LogP) is 4.08. The zero-order chi connectivity index (χ0) is 11.7. The molecule has 16 heavy (non-hydrogen) atoms. The Hall–Kier alpha value is -0.970. The fraction of sp³-hybridized carbons (Fsp3) is 0.100. The highest BCUT2D eigenvalue weighted by Gasteiger charge is 2.06. The van der Waals surface area contributed by atoms with Gasteiger partial charge in [0.25, 0.3) is 0 Å². The van der Waals surface area contributed by atoms with E-state index in [9.17, 15) is 0 Å². The molecule has 0 atom stereocenters. The number of halogens is 2.